The van der Waals surface area contributed by atoms with Crippen LogP contribution in [-0.2, 0) is 11.2 Å². The van der Waals surface area contributed by atoms with Crippen molar-refractivity contribution in [3.05, 3.63) is 29.8 Å². The van der Waals surface area contributed by atoms with Crippen LogP contribution in [0.2, 0.25) is 0 Å². The van der Waals surface area contributed by atoms with Crippen LogP contribution in [0.3, 0.4) is 0 Å². The molecule has 0 amide bonds. The molecular weight excluding hydrogens is 280 g/mol. The fourth-order valence-electron chi connectivity index (χ4n) is 2.19. The fraction of sp³-hybridized carbons (Fsp3) is 0.471. The lowest BCUT2D eigenvalue weighted by Gasteiger charge is -2.29. The van der Waals surface area contributed by atoms with Crippen LogP contribution in [0.15, 0.2) is 24.3 Å². The molecule has 120 valence electrons. The smallest absolute Gasteiger partial charge is 0.341 e. The van der Waals surface area contributed by atoms with Gasteiger partial charge in [0.05, 0.1) is 6.54 Å². The number of hydrogen-bond donors (Lipinski definition) is 1. The zero-order valence-electron chi connectivity index (χ0n) is 13.5. The Hall–Kier alpha value is -2.03. The predicted octanol–water partition coefficient (Wildman–Crippen LogP) is 1.19. The van der Waals surface area contributed by atoms with Gasteiger partial charge < -0.3 is 14.7 Å². The number of carbonyl (C=O) groups is 1. The van der Waals surface area contributed by atoms with Crippen LogP contribution in [0.25, 0.3) is 0 Å². The maximum atomic E-state index is 10.5. The van der Waals surface area contributed by atoms with Crippen molar-refractivity contribution in [1.82, 2.24) is 9.80 Å². The molecule has 1 N–H and O–H groups in total. The maximum absolute atomic E-state index is 10.5. The first kappa shape index (κ1) is 18.0. The highest BCUT2D eigenvalue weighted by Gasteiger charge is 2.15. The van der Waals surface area contributed by atoms with E-state index in [9.17, 15) is 4.79 Å². The molecule has 0 aliphatic rings. The van der Waals surface area contributed by atoms with Crippen LogP contribution < -0.4 is 4.74 Å². The van der Waals surface area contributed by atoms with Gasteiger partial charge in [-0.1, -0.05) is 18.1 Å². The normalized spacial score (nSPS) is 12.2. The Bertz CT molecular complexity index is 506. The Morgan fingerprint density at radius 2 is 1.95 bits per heavy atom. The van der Waals surface area contributed by atoms with Gasteiger partial charge in [-0.05, 0) is 45.3 Å². The van der Waals surface area contributed by atoms with Crippen molar-refractivity contribution < 1.29 is 14.6 Å². The third-order valence-corrected chi connectivity index (χ3v) is 3.30. The Balaban J connectivity index is 2.68. The van der Waals surface area contributed by atoms with E-state index in [-0.39, 0.29) is 6.61 Å². The number of rotatable bonds is 9. The van der Waals surface area contributed by atoms with Crippen molar-refractivity contribution in [3.8, 4) is 18.1 Å². The van der Waals surface area contributed by atoms with Gasteiger partial charge in [-0.15, -0.1) is 6.42 Å². The van der Waals surface area contributed by atoms with E-state index in [0.29, 0.717) is 18.3 Å². The van der Waals surface area contributed by atoms with E-state index in [2.05, 4.69) is 15.7 Å². The maximum Gasteiger partial charge on any atom is 0.341 e. The van der Waals surface area contributed by atoms with Crippen LogP contribution in [0.5, 0.6) is 5.75 Å². The molecule has 0 fully saturated rings. The van der Waals surface area contributed by atoms with Crippen molar-refractivity contribution in [1.29, 1.82) is 0 Å². The largest absolute Gasteiger partial charge is 0.482 e. The zero-order chi connectivity index (χ0) is 16.5. The van der Waals surface area contributed by atoms with Gasteiger partial charge in [0.25, 0.3) is 0 Å². The lowest BCUT2D eigenvalue weighted by atomic mass is 10.0. The predicted molar refractivity (Wildman–Crippen MR) is 87.1 cm³/mol. The van der Waals surface area contributed by atoms with Gasteiger partial charge >= 0.3 is 5.97 Å². The van der Waals surface area contributed by atoms with Gasteiger partial charge in [-0.3, -0.25) is 4.90 Å². The molecular formula is C17H24N2O3. The van der Waals surface area contributed by atoms with Crippen molar-refractivity contribution in [2.24, 2.45) is 0 Å². The Morgan fingerprint density at radius 3 is 2.45 bits per heavy atom. The minimum atomic E-state index is -0.981. The molecule has 5 nitrogen and oxygen atoms in total. The molecule has 0 saturated carbocycles. The van der Waals surface area contributed by atoms with Crippen LogP contribution in [0.1, 0.15) is 5.56 Å². The molecule has 0 spiro atoms. The molecule has 0 saturated heterocycles. The number of likely N-dealkylation sites (N-methyl/N-ethyl adjacent to an activating group) is 2. The van der Waals surface area contributed by atoms with Crippen molar-refractivity contribution in [3.63, 3.8) is 0 Å². The highest BCUT2D eigenvalue weighted by atomic mass is 16.5. The number of benzene rings is 1. The molecule has 5 heteroatoms. The van der Waals surface area contributed by atoms with E-state index in [1.807, 2.05) is 33.3 Å². The molecule has 0 unspecified atom stereocenters. The molecule has 0 heterocycles. The number of carboxylic acid groups (broad SMARTS) is 1. The molecule has 0 bridgehead atoms. The van der Waals surface area contributed by atoms with Crippen molar-refractivity contribution >= 4 is 5.97 Å². The Kier molecular flexibility index (Phi) is 7.44. The summed E-state index contributed by atoms with van der Waals surface area (Å²) in [6.07, 6.45) is 6.27. The van der Waals surface area contributed by atoms with E-state index in [0.717, 1.165) is 13.0 Å². The van der Waals surface area contributed by atoms with E-state index >= 15 is 0 Å². The summed E-state index contributed by atoms with van der Waals surface area (Å²) in [5.41, 5.74) is 1.17. The first-order chi connectivity index (χ1) is 10.4. The van der Waals surface area contributed by atoms with Crippen LogP contribution in [0, 0.1) is 12.3 Å². The van der Waals surface area contributed by atoms with E-state index in [4.69, 9.17) is 16.3 Å². The van der Waals surface area contributed by atoms with Gasteiger partial charge in [-0.25, -0.2) is 4.79 Å². The van der Waals surface area contributed by atoms with Crippen molar-refractivity contribution in [2.75, 3.05) is 40.8 Å². The molecule has 0 radical (unpaired) electrons. The molecule has 0 aliphatic carbocycles. The first-order valence-corrected chi connectivity index (χ1v) is 7.14. The van der Waals surface area contributed by atoms with Gasteiger partial charge in [0, 0.05) is 12.6 Å². The standard InChI is InChI=1S/C17H24N2O3/c1-5-10-19(4)15(12-18(2)3)11-14-6-8-16(9-7-14)22-13-17(20)21/h1,6-9,15H,10-13H2,2-4H3,(H,20,21)/t15-/m0/s1. The number of aliphatic carboxylic acids is 1. The lowest BCUT2D eigenvalue weighted by Crippen LogP contribution is -2.41. The van der Waals surface area contributed by atoms with Crippen LogP contribution in [0.4, 0.5) is 0 Å². The molecule has 1 rings (SSSR count). The number of nitrogens with zero attached hydrogens (tertiary/aromatic N) is 2. The number of terminal acetylenes is 1. The minimum absolute atomic E-state index is 0.317. The summed E-state index contributed by atoms with van der Waals surface area (Å²) in [4.78, 5) is 14.8. The number of hydrogen-bond acceptors (Lipinski definition) is 4. The highest BCUT2D eigenvalue weighted by molar-refractivity contribution is 5.68. The monoisotopic (exact) mass is 304 g/mol. The Morgan fingerprint density at radius 1 is 1.32 bits per heavy atom. The summed E-state index contributed by atoms with van der Waals surface area (Å²) in [6, 6.07) is 7.84. The number of carboxylic acids is 1. The van der Waals surface area contributed by atoms with E-state index in [1.165, 1.54) is 5.56 Å². The third-order valence-electron chi connectivity index (χ3n) is 3.30. The topological polar surface area (TPSA) is 53.0 Å². The number of ether oxygens (including phenoxy) is 1. The van der Waals surface area contributed by atoms with Gasteiger partial charge in [0.1, 0.15) is 5.75 Å². The second-order valence-electron chi connectivity index (χ2n) is 5.57. The summed E-state index contributed by atoms with van der Waals surface area (Å²) in [6.45, 7) is 1.20. The summed E-state index contributed by atoms with van der Waals surface area (Å²) < 4.78 is 5.13. The average molecular weight is 304 g/mol. The van der Waals surface area contributed by atoms with Gasteiger partial charge in [0.15, 0.2) is 6.61 Å². The second kappa shape index (κ2) is 9.08. The molecule has 1 aromatic carbocycles. The molecule has 0 aliphatic heterocycles. The summed E-state index contributed by atoms with van der Waals surface area (Å²) >= 11 is 0. The lowest BCUT2D eigenvalue weighted by molar-refractivity contribution is -0.139. The highest BCUT2D eigenvalue weighted by Crippen LogP contribution is 2.15. The van der Waals surface area contributed by atoms with Crippen LogP contribution in [-0.4, -0.2) is 67.8 Å². The van der Waals surface area contributed by atoms with Gasteiger partial charge in [0.2, 0.25) is 0 Å². The average Bonchev–Trinajstić information content (AvgIpc) is 2.45. The second-order valence-corrected chi connectivity index (χ2v) is 5.57. The summed E-state index contributed by atoms with van der Waals surface area (Å²) in [5.74, 6) is 2.26. The summed E-state index contributed by atoms with van der Waals surface area (Å²) in [5, 5.41) is 8.59. The van der Waals surface area contributed by atoms with E-state index < -0.39 is 5.97 Å². The quantitative estimate of drug-likeness (QED) is 0.695. The molecule has 0 aromatic heterocycles. The zero-order valence-corrected chi connectivity index (χ0v) is 13.5. The van der Waals surface area contributed by atoms with Gasteiger partial charge in [-0.2, -0.15) is 0 Å². The molecule has 1 atom stereocenters. The minimum Gasteiger partial charge on any atom is -0.482 e. The SMILES string of the molecule is C#CCN(C)[C@@H](Cc1ccc(OCC(=O)O)cc1)CN(C)C. The third kappa shape index (κ3) is 6.61. The van der Waals surface area contributed by atoms with Crippen molar-refractivity contribution in [2.45, 2.75) is 12.5 Å². The Labute approximate surface area is 132 Å². The fourth-order valence-corrected chi connectivity index (χ4v) is 2.19. The molecule has 1 aromatic rings. The molecule has 22 heavy (non-hydrogen) atoms. The summed E-state index contributed by atoms with van der Waals surface area (Å²) in [7, 11) is 6.11. The van der Waals surface area contributed by atoms with Crippen LogP contribution >= 0.6 is 0 Å². The van der Waals surface area contributed by atoms with E-state index in [1.54, 1.807) is 12.1 Å². The first-order valence-electron chi connectivity index (χ1n) is 7.14.